The molecule has 0 amide bonds. The number of halogens is 1. The van der Waals surface area contributed by atoms with Crippen molar-refractivity contribution in [3.63, 3.8) is 0 Å². The Kier molecular flexibility index (Phi) is 6.71. The molecule has 1 heterocycles. The van der Waals surface area contributed by atoms with Crippen LogP contribution in [0.2, 0.25) is 5.02 Å². The van der Waals surface area contributed by atoms with Gasteiger partial charge in [-0.2, -0.15) is 0 Å². The van der Waals surface area contributed by atoms with Crippen molar-refractivity contribution in [2.45, 2.75) is 58.5 Å². The zero-order valence-corrected chi connectivity index (χ0v) is 21.4. The molecule has 1 N–H and O–H groups in total. The Hall–Kier alpha value is -2.88. The van der Waals surface area contributed by atoms with Gasteiger partial charge in [0.1, 0.15) is 11.4 Å². The van der Waals surface area contributed by atoms with Crippen molar-refractivity contribution in [1.82, 2.24) is 9.55 Å². The minimum atomic E-state index is -1.06. The van der Waals surface area contributed by atoms with Gasteiger partial charge in [-0.1, -0.05) is 79.5 Å². The Morgan fingerprint density at radius 3 is 2.24 bits per heavy atom. The number of rotatable bonds is 7. The Morgan fingerprint density at radius 2 is 1.59 bits per heavy atom. The van der Waals surface area contributed by atoms with Gasteiger partial charge in [0.2, 0.25) is 0 Å². The second kappa shape index (κ2) is 9.40. The van der Waals surface area contributed by atoms with E-state index in [1.807, 2.05) is 30.5 Å². The average Bonchev–Trinajstić information content (AvgIpc) is 3.27. The van der Waals surface area contributed by atoms with E-state index in [2.05, 4.69) is 73.9 Å². The monoisotopic (exact) mass is 472 g/mol. The number of aromatic nitrogens is 2. The van der Waals surface area contributed by atoms with E-state index >= 15 is 0 Å². The summed E-state index contributed by atoms with van der Waals surface area (Å²) in [5.41, 5.74) is 4.83. The number of hydrogen-bond donors (Lipinski definition) is 1. The molecule has 0 saturated carbocycles. The predicted molar refractivity (Wildman–Crippen MR) is 142 cm³/mol. The molecule has 4 heteroatoms. The molecular weight excluding hydrogens is 440 g/mol. The fourth-order valence-electron chi connectivity index (χ4n) is 4.41. The summed E-state index contributed by atoms with van der Waals surface area (Å²) < 4.78 is 2.08. The highest BCUT2D eigenvalue weighted by atomic mass is 35.5. The minimum Gasteiger partial charge on any atom is -0.384 e. The highest BCUT2D eigenvalue weighted by molar-refractivity contribution is 6.31. The molecule has 0 bridgehead atoms. The van der Waals surface area contributed by atoms with Crippen LogP contribution < -0.4 is 0 Å². The number of aryl methyl sites for hydroxylation is 1. The summed E-state index contributed by atoms with van der Waals surface area (Å²) in [6.45, 7) is 9.97. The van der Waals surface area contributed by atoms with Crippen LogP contribution in [-0.2, 0) is 17.4 Å². The van der Waals surface area contributed by atoms with Crippen molar-refractivity contribution in [1.29, 1.82) is 0 Å². The van der Waals surface area contributed by atoms with Gasteiger partial charge in [0.15, 0.2) is 0 Å². The molecule has 0 aliphatic carbocycles. The van der Waals surface area contributed by atoms with E-state index in [0.29, 0.717) is 10.7 Å². The average molecular weight is 473 g/mol. The molecule has 0 radical (unpaired) electrons. The molecular formula is C30H33ClN2O. The summed E-state index contributed by atoms with van der Waals surface area (Å²) in [5.74, 6) is 0.829. The third kappa shape index (κ3) is 4.82. The molecule has 0 aliphatic rings. The fraction of sp³-hybridized carbons (Fsp3) is 0.300. The predicted octanol–water partition coefficient (Wildman–Crippen LogP) is 7.70. The van der Waals surface area contributed by atoms with Gasteiger partial charge in [-0.15, -0.1) is 0 Å². The normalized spacial score (nSPS) is 12.2. The van der Waals surface area contributed by atoms with Crippen LogP contribution in [0.1, 0.15) is 63.7 Å². The van der Waals surface area contributed by atoms with Crippen molar-refractivity contribution >= 4 is 11.6 Å². The van der Waals surface area contributed by atoms with Crippen molar-refractivity contribution < 1.29 is 5.11 Å². The maximum atomic E-state index is 10.7. The van der Waals surface area contributed by atoms with E-state index in [1.54, 1.807) is 13.8 Å². The SMILES string of the molecule is CCCc1cccc(-c2ccc(-n3cc(C(C)(C)O)nc3C(C)(C)c3ccccc3Cl)cc2)c1. The van der Waals surface area contributed by atoms with E-state index in [1.165, 1.54) is 16.7 Å². The third-order valence-corrected chi connectivity index (χ3v) is 6.71. The smallest absolute Gasteiger partial charge is 0.123 e. The van der Waals surface area contributed by atoms with Crippen LogP contribution in [0.25, 0.3) is 16.8 Å². The van der Waals surface area contributed by atoms with Crippen molar-refractivity contribution in [2.24, 2.45) is 0 Å². The zero-order valence-electron chi connectivity index (χ0n) is 20.6. The maximum Gasteiger partial charge on any atom is 0.123 e. The maximum absolute atomic E-state index is 10.7. The number of benzene rings is 3. The standard InChI is InChI=1S/C30H33ClN2O/c1-6-10-21-11-9-12-23(19-21)22-15-17-24(18-16-22)33-20-27(30(4,5)34)32-28(33)29(2,3)25-13-7-8-14-26(25)31/h7-9,11-20,34H,6,10H2,1-5H3. The van der Waals surface area contributed by atoms with Gasteiger partial charge in [0.25, 0.3) is 0 Å². The molecule has 0 fully saturated rings. The first kappa shape index (κ1) is 24.3. The van der Waals surface area contributed by atoms with Crippen molar-refractivity contribution in [2.75, 3.05) is 0 Å². The Bertz CT molecular complexity index is 1280. The third-order valence-electron chi connectivity index (χ3n) is 6.38. The fourth-order valence-corrected chi connectivity index (χ4v) is 4.78. The molecule has 4 aromatic rings. The summed E-state index contributed by atoms with van der Waals surface area (Å²) in [6.07, 6.45) is 4.16. The first-order chi connectivity index (χ1) is 16.1. The van der Waals surface area contributed by atoms with Gasteiger partial charge >= 0.3 is 0 Å². The Labute approximate surface area is 208 Å². The highest BCUT2D eigenvalue weighted by Crippen LogP contribution is 2.37. The van der Waals surface area contributed by atoms with Gasteiger partial charge in [0, 0.05) is 22.3 Å². The van der Waals surface area contributed by atoms with E-state index in [9.17, 15) is 5.11 Å². The summed E-state index contributed by atoms with van der Waals surface area (Å²) >= 11 is 6.59. The molecule has 176 valence electrons. The van der Waals surface area contributed by atoms with Crippen LogP contribution >= 0.6 is 11.6 Å². The summed E-state index contributed by atoms with van der Waals surface area (Å²) in [6, 6.07) is 25.2. The highest BCUT2D eigenvalue weighted by Gasteiger charge is 2.33. The van der Waals surface area contributed by atoms with E-state index in [0.717, 1.165) is 29.9 Å². The first-order valence-corrected chi connectivity index (χ1v) is 12.3. The number of nitrogens with zero attached hydrogens (tertiary/aromatic N) is 2. The van der Waals surface area contributed by atoms with Crippen LogP contribution in [-0.4, -0.2) is 14.7 Å². The van der Waals surface area contributed by atoms with Crippen LogP contribution in [0.3, 0.4) is 0 Å². The molecule has 4 rings (SSSR count). The molecule has 3 aromatic carbocycles. The van der Waals surface area contributed by atoms with Crippen LogP contribution in [0.4, 0.5) is 0 Å². The number of hydrogen-bond acceptors (Lipinski definition) is 2. The van der Waals surface area contributed by atoms with Crippen molar-refractivity contribution in [3.05, 3.63) is 107 Å². The summed E-state index contributed by atoms with van der Waals surface area (Å²) in [5, 5.41) is 11.4. The van der Waals surface area contributed by atoms with E-state index in [-0.39, 0.29) is 0 Å². The van der Waals surface area contributed by atoms with Crippen LogP contribution in [0.15, 0.2) is 79.0 Å². The lowest BCUT2D eigenvalue weighted by Crippen LogP contribution is -2.25. The summed E-state index contributed by atoms with van der Waals surface area (Å²) in [4.78, 5) is 4.91. The van der Waals surface area contributed by atoms with Gasteiger partial charge < -0.3 is 9.67 Å². The Balaban J connectivity index is 1.79. The molecule has 1 aromatic heterocycles. The van der Waals surface area contributed by atoms with Crippen LogP contribution in [0.5, 0.6) is 0 Å². The second-order valence-electron chi connectivity index (χ2n) is 9.98. The Morgan fingerprint density at radius 1 is 0.882 bits per heavy atom. The van der Waals surface area contributed by atoms with Crippen LogP contribution in [0, 0.1) is 0 Å². The number of aliphatic hydroxyl groups is 1. The molecule has 0 unspecified atom stereocenters. The van der Waals surface area contributed by atoms with Gasteiger partial charge in [0.05, 0.1) is 5.69 Å². The lowest BCUT2D eigenvalue weighted by atomic mass is 9.83. The number of imidazole rings is 1. The molecule has 0 aliphatic heterocycles. The van der Waals surface area contributed by atoms with E-state index < -0.39 is 11.0 Å². The largest absolute Gasteiger partial charge is 0.384 e. The van der Waals surface area contributed by atoms with Crippen molar-refractivity contribution in [3.8, 4) is 16.8 Å². The molecule has 0 atom stereocenters. The van der Waals surface area contributed by atoms with Gasteiger partial charge in [-0.25, -0.2) is 4.98 Å². The topological polar surface area (TPSA) is 38.0 Å². The molecule has 0 saturated heterocycles. The molecule has 0 spiro atoms. The lowest BCUT2D eigenvalue weighted by Gasteiger charge is -2.27. The zero-order chi connectivity index (χ0) is 24.5. The van der Waals surface area contributed by atoms with Gasteiger partial charge in [-0.3, -0.25) is 0 Å². The molecule has 3 nitrogen and oxygen atoms in total. The summed E-state index contributed by atoms with van der Waals surface area (Å²) in [7, 11) is 0. The minimum absolute atomic E-state index is 0.477. The van der Waals surface area contributed by atoms with Gasteiger partial charge in [-0.05, 0) is 74.6 Å². The van der Waals surface area contributed by atoms with E-state index in [4.69, 9.17) is 16.6 Å². The second-order valence-corrected chi connectivity index (χ2v) is 10.4. The lowest BCUT2D eigenvalue weighted by molar-refractivity contribution is 0.0741. The quantitative estimate of drug-likeness (QED) is 0.299. The molecule has 34 heavy (non-hydrogen) atoms. The first-order valence-electron chi connectivity index (χ1n) is 11.9.